The lowest BCUT2D eigenvalue weighted by Crippen LogP contribution is -2.34. The summed E-state index contributed by atoms with van der Waals surface area (Å²) < 4.78 is 0. The maximum Gasteiger partial charge on any atom is 0.234 e. The molecular formula is C16H16ClNO. The van der Waals surface area contributed by atoms with E-state index in [-0.39, 0.29) is 5.91 Å². The van der Waals surface area contributed by atoms with Crippen LogP contribution in [0, 0.1) is 0 Å². The second kappa shape index (κ2) is 5.45. The summed E-state index contributed by atoms with van der Waals surface area (Å²) in [5.74, 6) is -0.0547. The van der Waals surface area contributed by atoms with Gasteiger partial charge >= 0.3 is 0 Å². The monoisotopic (exact) mass is 273 g/mol. The first-order chi connectivity index (χ1) is 9.00. The van der Waals surface area contributed by atoms with Crippen LogP contribution in [-0.4, -0.2) is 5.91 Å². The predicted molar refractivity (Wildman–Crippen MR) is 79.5 cm³/mol. The van der Waals surface area contributed by atoms with E-state index in [9.17, 15) is 4.79 Å². The van der Waals surface area contributed by atoms with Gasteiger partial charge in [0.15, 0.2) is 0 Å². The maximum absolute atomic E-state index is 12.4. The van der Waals surface area contributed by atoms with Gasteiger partial charge in [-0.25, -0.2) is 0 Å². The third-order valence-electron chi connectivity index (χ3n) is 3.15. The molecule has 1 amide bonds. The summed E-state index contributed by atoms with van der Waals surface area (Å²) in [6, 6.07) is 16.9. The molecular weight excluding hydrogens is 258 g/mol. The van der Waals surface area contributed by atoms with Crippen molar-refractivity contribution in [1.29, 1.82) is 0 Å². The molecule has 0 unspecified atom stereocenters. The highest BCUT2D eigenvalue weighted by atomic mass is 35.5. The second-order valence-electron chi connectivity index (χ2n) is 4.96. The van der Waals surface area contributed by atoms with Crippen LogP contribution < -0.4 is 5.32 Å². The quantitative estimate of drug-likeness (QED) is 0.890. The molecule has 98 valence electrons. The Kier molecular flexibility index (Phi) is 3.91. The Balaban J connectivity index is 2.20. The largest absolute Gasteiger partial charge is 0.325 e. The van der Waals surface area contributed by atoms with Crippen molar-refractivity contribution in [2.75, 3.05) is 5.32 Å². The number of benzene rings is 2. The lowest BCUT2D eigenvalue weighted by Gasteiger charge is -2.24. The van der Waals surface area contributed by atoms with Gasteiger partial charge in [0.2, 0.25) is 5.91 Å². The Hall–Kier alpha value is -1.80. The van der Waals surface area contributed by atoms with Crippen molar-refractivity contribution >= 4 is 23.2 Å². The average Bonchev–Trinajstić information content (AvgIpc) is 2.39. The SMILES string of the molecule is CC(C)(C(=O)Nc1cccc(Cl)c1)c1ccccc1. The lowest BCUT2D eigenvalue weighted by molar-refractivity contribution is -0.120. The van der Waals surface area contributed by atoms with E-state index in [1.54, 1.807) is 12.1 Å². The zero-order chi connectivity index (χ0) is 13.9. The van der Waals surface area contributed by atoms with Crippen LogP contribution in [0.4, 0.5) is 5.69 Å². The van der Waals surface area contributed by atoms with Crippen molar-refractivity contribution in [2.24, 2.45) is 0 Å². The van der Waals surface area contributed by atoms with Gasteiger partial charge in [0.05, 0.1) is 5.41 Å². The fourth-order valence-electron chi connectivity index (χ4n) is 1.84. The van der Waals surface area contributed by atoms with Crippen LogP contribution in [0.25, 0.3) is 0 Å². The van der Waals surface area contributed by atoms with Gasteiger partial charge in [-0.2, -0.15) is 0 Å². The van der Waals surface area contributed by atoms with Crippen LogP contribution >= 0.6 is 11.6 Å². The molecule has 0 aliphatic carbocycles. The minimum absolute atomic E-state index is 0.0547. The van der Waals surface area contributed by atoms with Gasteiger partial charge < -0.3 is 5.32 Å². The standard InChI is InChI=1S/C16H16ClNO/c1-16(2,12-7-4-3-5-8-12)15(19)18-14-10-6-9-13(17)11-14/h3-11H,1-2H3,(H,18,19). The molecule has 0 saturated carbocycles. The van der Waals surface area contributed by atoms with Crippen LogP contribution in [0.3, 0.4) is 0 Å². The fraction of sp³-hybridized carbons (Fsp3) is 0.188. The van der Waals surface area contributed by atoms with Crippen LogP contribution in [0.15, 0.2) is 54.6 Å². The number of hydrogen-bond donors (Lipinski definition) is 1. The van der Waals surface area contributed by atoms with E-state index >= 15 is 0 Å². The molecule has 2 rings (SSSR count). The number of hydrogen-bond acceptors (Lipinski definition) is 1. The molecule has 0 aromatic heterocycles. The number of carbonyl (C=O) groups is 1. The number of rotatable bonds is 3. The number of halogens is 1. The second-order valence-corrected chi connectivity index (χ2v) is 5.39. The third-order valence-corrected chi connectivity index (χ3v) is 3.38. The number of nitrogens with one attached hydrogen (secondary N) is 1. The minimum atomic E-state index is -0.594. The van der Waals surface area contributed by atoms with E-state index in [0.29, 0.717) is 10.7 Å². The summed E-state index contributed by atoms with van der Waals surface area (Å²) in [4.78, 5) is 12.4. The Morgan fingerprint density at radius 1 is 1.05 bits per heavy atom. The van der Waals surface area contributed by atoms with Crippen molar-refractivity contribution in [3.63, 3.8) is 0 Å². The van der Waals surface area contributed by atoms with Crippen LogP contribution in [0.2, 0.25) is 5.02 Å². The van der Waals surface area contributed by atoms with Crippen molar-refractivity contribution < 1.29 is 4.79 Å². The van der Waals surface area contributed by atoms with Crippen LogP contribution in [0.1, 0.15) is 19.4 Å². The summed E-state index contributed by atoms with van der Waals surface area (Å²) in [7, 11) is 0. The highest BCUT2D eigenvalue weighted by molar-refractivity contribution is 6.30. The Morgan fingerprint density at radius 2 is 1.74 bits per heavy atom. The van der Waals surface area contributed by atoms with E-state index in [0.717, 1.165) is 5.56 Å². The topological polar surface area (TPSA) is 29.1 Å². The van der Waals surface area contributed by atoms with E-state index in [2.05, 4.69) is 5.32 Å². The Labute approximate surface area is 118 Å². The maximum atomic E-state index is 12.4. The van der Waals surface area contributed by atoms with E-state index in [4.69, 9.17) is 11.6 Å². The molecule has 0 bridgehead atoms. The zero-order valence-electron chi connectivity index (χ0n) is 11.0. The molecule has 2 aromatic rings. The molecule has 0 fully saturated rings. The summed E-state index contributed by atoms with van der Waals surface area (Å²) in [5.41, 5.74) is 1.10. The van der Waals surface area contributed by atoms with E-state index in [1.807, 2.05) is 56.3 Å². The molecule has 1 N–H and O–H groups in total. The number of carbonyl (C=O) groups excluding carboxylic acids is 1. The minimum Gasteiger partial charge on any atom is -0.325 e. The first-order valence-corrected chi connectivity index (χ1v) is 6.50. The van der Waals surface area contributed by atoms with Crippen LogP contribution in [-0.2, 0) is 10.2 Å². The lowest BCUT2D eigenvalue weighted by atomic mass is 9.83. The van der Waals surface area contributed by atoms with Gasteiger partial charge in [-0.3, -0.25) is 4.79 Å². The fourth-order valence-corrected chi connectivity index (χ4v) is 2.03. The summed E-state index contributed by atoms with van der Waals surface area (Å²) in [6.45, 7) is 3.81. The molecule has 0 spiro atoms. The number of anilines is 1. The highest BCUT2D eigenvalue weighted by Crippen LogP contribution is 2.25. The van der Waals surface area contributed by atoms with E-state index < -0.39 is 5.41 Å². The molecule has 0 aliphatic rings. The molecule has 0 saturated heterocycles. The van der Waals surface area contributed by atoms with Gasteiger partial charge in [-0.15, -0.1) is 0 Å². The summed E-state index contributed by atoms with van der Waals surface area (Å²) >= 11 is 5.91. The Morgan fingerprint density at radius 3 is 2.37 bits per heavy atom. The molecule has 2 nitrogen and oxygen atoms in total. The van der Waals surface area contributed by atoms with Crippen molar-refractivity contribution in [3.8, 4) is 0 Å². The van der Waals surface area contributed by atoms with Gasteiger partial charge in [0.25, 0.3) is 0 Å². The van der Waals surface area contributed by atoms with Gasteiger partial charge in [-0.1, -0.05) is 48.0 Å². The van der Waals surface area contributed by atoms with Crippen molar-refractivity contribution in [2.45, 2.75) is 19.3 Å². The first-order valence-electron chi connectivity index (χ1n) is 6.13. The van der Waals surface area contributed by atoms with Gasteiger partial charge in [-0.05, 0) is 37.6 Å². The average molecular weight is 274 g/mol. The third kappa shape index (κ3) is 3.15. The predicted octanol–water partition coefficient (Wildman–Crippen LogP) is 4.26. The van der Waals surface area contributed by atoms with E-state index in [1.165, 1.54) is 0 Å². The normalized spacial score (nSPS) is 11.1. The molecule has 2 aromatic carbocycles. The van der Waals surface area contributed by atoms with Crippen molar-refractivity contribution in [1.82, 2.24) is 0 Å². The molecule has 0 radical (unpaired) electrons. The Bertz CT molecular complexity index is 578. The molecule has 19 heavy (non-hydrogen) atoms. The summed E-state index contributed by atoms with van der Waals surface area (Å²) in [5, 5.41) is 3.50. The molecule has 0 heterocycles. The zero-order valence-corrected chi connectivity index (χ0v) is 11.7. The molecule has 0 atom stereocenters. The van der Waals surface area contributed by atoms with Crippen LogP contribution in [0.5, 0.6) is 0 Å². The first kappa shape index (κ1) is 13.6. The van der Waals surface area contributed by atoms with Gasteiger partial charge in [0.1, 0.15) is 0 Å². The van der Waals surface area contributed by atoms with Crippen molar-refractivity contribution in [3.05, 3.63) is 65.2 Å². The number of amides is 1. The summed E-state index contributed by atoms with van der Waals surface area (Å²) in [6.07, 6.45) is 0. The highest BCUT2D eigenvalue weighted by Gasteiger charge is 2.29. The molecule has 3 heteroatoms. The smallest absolute Gasteiger partial charge is 0.234 e. The molecule has 0 aliphatic heterocycles. The van der Waals surface area contributed by atoms with Gasteiger partial charge in [0, 0.05) is 10.7 Å².